The Morgan fingerprint density at radius 2 is 1.17 bits per heavy atom. The highest BCUT2D eigenvalue weighted by atomic mass is 16.6. The molecule has 0 radical (unpaired) electrons. The molecule has 0 N–H and O–H groups in total. The van der Waals surface area contributed by atoms with E-state index in [1.165, 1.54) is 6.92 Å². The zero-order valence-electron chi connectivity index (χ0n) is 13.0. The molecule has 0 saturated carbocycles. The Balaban J connectivity index is 0.000000413. The molecule has 0 bridgehead atoms. The summed E-state index contributed by atoms with van der Waals surface area (Å²) in [5.74, 6) is -1.83. The van der Waals surface area contributed by atoms with Crippen LogP contribution in [0.3, 0.4) is 0 Å². The Bertz CT molecular complexity index is 628. The van der Waals surface area contributed by atoms with Crippen molar-refractivity contribution in [3.63, 3.8) is 0 Å². The van der Waals surface area contributed by atoms with Gasteiger partial charge in [0.25, 0.3) is 0 Å². The number of rotatable bonds is 3. The van der Waals surface area contributed by atoms with E-state index in [0.29, 0.717) is 11.5 Å². The van der Waals surface area contributed by atoms with Gasteiger partial charge in [0.05, 0.1) is 6.26 Å². The van der Waals surface area contributed by atoms with E-state index in [2.05, 4.69) is 11.3 Å². The van der Waals surface area contributed by atoms with Crippen LogP contribution in [0.1, 0.15) is 6.92 Å². The maximum absolute atomic E-state index is 11.4. The highest BCUT2D eigenvalue weighted by molar-refractivity contribution is 6.31. The minimum absolute atomic E-state index is 0.299. The van der Waals surface area contributed by atoms with Crippen molar-refractivity contribution in [1.29, 1.82) is 0 Å². The predicted octanol–water partition coefficient (Wildman–Crippen LogP) is 2.89. The van der Waals surface area contributed by atoms with Crippen molar-refractivity contribution in [2.24, 2.45) is 0 Å². The summed E-state index contributed by atoms with van der Waals surface area (Å²) in [7, 11) is 0. The number of ether oxygens (including phenoxy) is 3. The van der Waals surface area contributed by atoms with Crippen LogP contribution in [0.25, 0.3) is 0 Å². The van der Waals surface area contributed by atoms with Gasteiger partial charge >= 0.3 is 17.9 Å². The molecular weight excluding hydrogens is 312 g/mol. The van der Waals surface area contributed by atoms with Gasteiger partial charge in [-0.2, -0.15) is 0 Å². The average Bonchev–Trinajstić information content (AvgIpc) is 2.57. The van der Waals surface area contributed by atoms with E-state index < -0.39 is 11.9 Å². The maximum Gasteiger partial charge on any atom is 0.423 e. The second-order valence-electron chi connectivity index (χ2n) is 4.18. The molecule has 0 spiro atoms. The van der Waals surface area contributed by atoms with E-state index in [4.69, 9.17) is 9.47 Å². The van der Waals surface area contributed by atoms with Gasteiger partial charge < -0.3 is 14.2 Å². The molecule has 0 unspecified atom stereocenters. The second-order valence-corrected chi connectivity index (χ2v) is 4.18. The fourth-order valence-electron chi connectivity index (χ4n) is 1.39. The topological polar surface area (TPSA) is 78.9 Å². The van der Waals surface area contributed by atoms with E-state index in [1.54, 1.807) is 60.7 Å². The summed E-state index contributed by atoms with van der Waals surface area (Å²) in [4.78, 5) is 32.6. The normalized spacial score (nSPS) is 8.88. The molecule has 2 rings (SSSR count). The minimum atomic E-state index is -1.05. The molecule has 0 aromatic heterocycles. The third-order valence-corrected chi connectivity index (χ3v) is 2.32. The molecule has 124 valence electrons. The van der Waals surface area contributed by atoms with Crippen molar-refractivity contribution in [2.45, 2.75) is 6.92 Å². The van der Waals surface area contributed by atoms with Gasteiger partial charge in [-0.15, -0.1) is 0 Å². The SMILES string of the molecule is C=COC(C)=O.O=C(Oc1ccccc1)C(=O)Oc1ccccc1. The number of carbonyl (C=O) groups is 3. The van der Waals surface area contributed by atoms with Crippen LogP contribution in [-0.2, 0) is 19.1 Å². The van der Waals surface area contributed by atoms with E-state index >= 15 is 0 Å². The first-order valence-corrected chi connectivity index (χ1v) is 6.85. The van der Waals surface area contributed by atoms with Crippen molar-refractivity contribution in [3.05, 3.63) is 73.5 Å². The standard InChI is InChI=1S/C14H10O4.C4H6O2/c15-13(17-11-7-3-1-4-8-11)14(16)18-12-9-5-2-6-10-12;1-3-6-4(2)5/h1-10H;3H,1H2,2H3. The lowest BCUT2D eigenvalue weighted by Gasteiger charge is -2.04. The summed E-state index contributed by atoms with van der Waals surface area (Å²) in [6, 6.07) is 16.7. The van der Waals surface area contributed by atoms with Crippen molar-refractivity contribution in [1.82, 2.24) is 0 Å². The largest absolute Gasteiger partial charge is 0.435 e. The second kappa shape index (κ2) is 10.3. The number of para-hydroxylation sites is 2. The van der Waals surface area contributed by atoms with Crippen LogP contribution in [0.4, 0.5) is 0 Å². The van der Waals surface area contributed by atoms with Crippen LogP contribution in [0, 0.1) is 0 Å². The molecule has 0 heterocycles. The fraction of sp³-hybridized carbons (Fsp3) is 0.0556. The highest BCUT2D eigenvalue weighted by Gasteiger charge is 2.18. The van der Waals surface area contributed by atoms with Crippen LogP contribution in [0.5, 0.6) is 11.5 Å². The number of hydrogen-bond acceptors (Lipinski definition) is 6. The Kier molecular flexibility index (Phi) is 8.03. The van der Waals surface area contributed by atoms with E-state index in [0.717, 1.165) is 6.26 Å². The molecule has 0 aliphatic rings. The van der Waals surface area contributed by atoms with Gasteiger partial charge in [0.15, 0.2) is 0 Å². The Morgan fingerprint density at radius 3 is 1.42 bits per heavy atom. The van der Waals surface area contributed by atoms with Gasteiger partial charge in [-0.05, 0) is 24.3 Å². The molecule has 2 aromatic rings. The third kappa shape index (κ3) is 7.56. The van der Waals surface area contributed by atoms with Crippen LogP contribution in [-0.4, -0.2) is 17.9 Å². The van der Waals surface area contributed by atoms with Crippen molar-refractivity contribution in [3.8, 4) is 11.5 Å². The zero-order chi connectivity index (χ0) is 17.8. The number of benzene rings is 2. The first-order valence-electron chi connectivity index (χ1n) is 6.85. The average molecular weight is 328 g/mol. The molecule has 0 fully saturated rings. The summed E-state index contributed by atoms with van der Waals surface area (Å²) in [5.41, 5.74) is 0. The van der Waals surface area contributed by atoms with Crippen LogP contribution >= 0.6 is 0 Å². The molecule has 0 saturated heterocycles. The number of hydrogen-bond donors (Lipinski definition) is 0. The summed E-state index contributed by atoms with van der Waals surface area (Å²) >= 11 is 0. The molecule has 24 heavy (non-hydrogen) atoms. The lowest BCUT2D eigenvalue weighted by Crippen LogP contribution is -2.25. The molecule has 2 aromatic carbocycles. The Labute approximate surface area is 139 Å². The number of carbonyl (C=O) groups excluding carboxylic acids is 3. The smallest absolute Gasteiger partial charge is 0.423 e. The quantitative estimate of drug-likeness (QED) is 0.373. The van der Waals surface area contributed by atoms with E-state index in [-0.39, 0.29) is 5.97 Å². The van der Waals surface area contributed by atoms with Crippen LogP contribution in [0.15, 0.2) is 73.5 Å². The van der Waals surface area contributed by atoms with Gasteiger partial charge in [-0.3, -0.25) is 4.79 Å². The lowest BCUT2D eigenvalue weighted by molar-refractivity contribution is -0.156. The summed E-state index contributed by atoms with van der Waals surface area (Å²) < 4.78 is 13.8. The van der Waals surface area contributed by atoms with Gasteiger partial charge in [-0.25, -0.2) is 9.59 Å². The zero-order valence-corrected chi connectivity index (χ0v) is 13.0. The van der Waals surface area contributed by atoms with E-state index in [1.807, 2.05) is 0 Å². The molecule has 0 aliphatic carbocycles. The molecule has 0 amide bonds. The molecule has 0 aliphatic heterocycles. The first-order chi connectivity index (χ1) is 11.5. The Hall–Kier alpha value is -3.41. The molecule has 6 nitrogen and oxygen atoms in total. The maximum atomic E-state index is 11.4. The predicted molar refractivity (Wildman–Crippen MR) is 86.1 cm³/mol. The third-order valence-electron chi connectivity index (χ3n) is 2.32. The Morgan fingerprint density at radius 1 is 0.792 bits per heavy atom. The van der Waals surface area contributed by atoms with Crippen molar-refractivity contribution < 1.29 is 28.6 Å². The highest BCUT2D eigenvalue weighted by Crippen LogP contribution is 2.11. The van der Waals surface area contributed by atoms with Crippen molar-refractivity contribution >= 4 is 17.9 Å². The van der Waals surface area contributed by atoms with Crippen LogP contribution < -0.4 is 9.47 Å². The summed E-state index contributed by atoms with van der Waals surface area (Å²) in [6.07, 6.45) is 1.10. The van der Waals surface area contributed by atoms with E-state index in [9.17, 15) is 14.4 Å². The minimum Gasteiger partial charge on any atom is -0.435 e. The first kappa shape index (κ1) is 18.6. The lowest BCUT2D eigenvalue weighted by atomic mass is 10.3. The molecule has 6 heteroatoms. The fourth-order valence-corrected chi connectivity index (χ4v) is 1.39. The monoisotopic (exact) mass is 328 g/mol. The van der Waals surface area contributed by atoms with Crippen LogP contribution in [0.2, 0.25) is 0 Å². The van der Waals surface area contributed by atoms with Gasteiger partial charge in [-0.1, -0.05) is 43.0 Å². The number of esters is 3. The summed E-state index contributed by atoms with van der Waals surface area (Å²) in [5, 5.41) is 0. The van der Waals surface area contributed by atoms with Gasteiger partial charge in [0.2, 0.25) is 0 Å². The van der Waals surface area contributed by atoms with Crippen molar-refractivity contribution in [2.75, 3.05) is 0 Å². The molecule has 0 atom stereocenters. The molecular formula is C18H16O6. The van der Waals surface area contributed by atoms with Gasteiger partial charge in [0, 0.05) is 6.92 Å². The summed E-state index contributed by atoms with van der Waals surface area (Å²) in [6.45, 7) is 4.48. The van der Waals surface area contributed by atoms with Gasteiger partial charge in [0.1, 0.15) is 11.5 Å².